The van der Waals surface area contributed by atoms with Crippen LogP contribution in [0.5, 0.6) is 0 Å². The molecule has 148 valence electrons. The molecule has 3 aromatic rings. The standard InChI is InChI=1S/C24H25N3O2/c1-4-7-22-26-23(24(2,3)29)21(16-28)27(22)15-17-10-12-18(13-11-17)20-9-6-5-8-19(20)14-25/h5-6,8-13,16,29H,4,7,15H2,1-3H3. The lowest BCUT2D eigenvalue weighted by molar-refractivity contribution is 0.0723. The zero-order valence-electron chi connectivity index (χ0n) is 17.0. The van der Waals surface area contributed by atoms with Gasteiger partial charge in [-0.25, -0.2) is 4.98 Å². The zero-order valence-corrected chi connectivity index (χ0v) is 17.0. The fraction of sp³-hybridized carbons (Fsp3) is 0.292. The first kappa shape index (κ1) is 20.5. The summed E-state index contributed by atoms with van der Waals surface area (Å²) in [6.07, 6.45) is 2.39. The smallest absolute Gasteiger partial charge is 0.168 e. The normalized spacial score (nSPS) is 11.3. The second kappa shape index (κ2) is 8.42. The Bertz CT molecular complexity index is 1050. The molecule has 3 rings (SSSR count). The summed E-state index contributed by atoms with van der Waals surface area (Å²) in [5, 5.41) is 19.7. The Morgan fingerprint density at radius 2 is 1.86 bits per heavy atom. The fourth-order valence-corrected chi connectivity index (χ4v) is 3.48. The molecule has 0 fully saturated rings. The monoisotopic (exact) mass is 387 g/mol. The number of carbonyl (C=O) groups is 1. The molecule has 0 unspecified atom stereocenters. The van der Waals surface area contributed by atoms with E-state index in [1.54, 1.807) is 19.9 Å². The highest BCUT2D eigenvalue weighted by molar-refractivity contribution is 5.75. The van der Waals surface area contributed by atoms with Gasteiger partial charge in [0, 0.05) is 13.0 Å². The lowest BCUT2D eigenvalue weighted by Gasteiger charge is -2.15. The fourth-order valence-electron chi connectivity index (χ4n) is 3.48. The Balaban J connectivity index is 1.97. The van der Waals surface area contributed by atoms with Gasteiger partial charge in [-0.3, -0.25) is 4.79 Å². The minimum Gasteiger partial charge on any atom is -0.384 e. The van der Waals surface area contributed by atoms with Gasteiger partial charge < -0.3 is 9.67 Å². The average Bonchev–Trinajstić information content (AvgIpc) is 3.06. The molecule has 0 radical (unpaired) electrons. The van der Waals surface area contributed by atoms with E-state index in [9.17, 15) is 15.2 Å². The summed E-state index contributed by atoms with van der Waals surface area (Å²) in [6, 6.07) is 17.7. The van der Waals surface area contributed by atoms with Crippen molar-refractivity contribution in [2.24, 2.45) is 0 Å². The van der Waals surface area contributed by atoms with Crippen LogP contribution in [0.4, 0.5) is 0 Å². The Morgan fingerprint density at radius 1 is 1.17 bits per heavy atom. The largest absolute Gasteiger partial charge is 0.384 e. The third-order valence-electron chi connectivity index (χ3n) is 4.90. The van der Waals surface area contributed by atoms with E-state index in [1.165, 1.54) is 0 Å². The molecule has 0 bridgehead atoms. The molecule has 0 atom stereocenters. The minimum atomic E-state index is -1.19. The third-order valence-corrected chi connectivity index (χ3v) is 4.90. The Hall–Kier alpha value is -3.23. The van der Waals surface area contributed by atoms with E-state index in [1.807, 2.05) is 47.0 Å². The number of hydrogen-bond acceptors (Lipinski definition) is 4. The predicted molar refractivity (Wildman–Crippen MR) is 113 cm³/mol. The number of rotatable bonds is 7. The maximum absolute atomic E-state index is 11.8. The molecule has 0 aliphatic heterocycles. The first-order chi connectivity index (χ1) is 13.9. The number of hydrogen-bond donors (Lipinski definition) is 1. The van der Waals surface area contributed by atoms with Crippen LogP contribution in [0.25, 0.3) is 11.1 Å². The Labute approximate surface area is 171 Å². The molecular weight excluding hydrogens is 362 g/mol. The maximum atomic E-state index is 11.8. The van der Waals surface area contributed by atoms with Gasteiger partial charge in [0.25, 0.3) is 0 Å². The van der Waals surface area contributed by atoms with Crippen molar-refractivity contribution in [2.45, 2.75) is 45.8 Å². The summed E-state index contributed by atoms with van der Waals surface area (Å²) in [4.78, 5) is 16.4. The number of imidazole rings is 1. The first-order valence-electron chi connectivity index (χ1n) is 9.75. The molecule has 2 aromatic carbocycles. The van der Waals surface area contributed by atoms with Crippen molar-refractivity contribution in [2.75, 3.05) is 0 Å². The van der Waals surface area contributed by atoms with Crippen LogP contribution in [0.2, 0.25) is 0 Å². The van der Waals surface area contributed by atoms with E-state index in [2.05, 4.69) is 18.0 Å². The molecule has 0 saturated carbocycles. The number of aryl methyl sites for hydroxylation is 1. The van der Waals surface area contributed by atoms with E-state index in [0.717, 1.165) is 41.6 Å². The maximum Gasteiger partial charge on any atom is 0.168 e. The van der Waals surface area contributed by atoms with Crippen LogP contribution in [0, 0.1) is 11.3 Å². The second-order valence-corrected chi connectivity index (χ2v) is 7.63. The Kier molecular flexibility index (Phi) is 5.95. The molecule has 5 heteroatoms. The van der Waals surface area contributed by atoms with Gasteiger partial charge in [0.2, 0.25) is 0 Å². The predicted octanol–water partition coefficient (Wildman–Crippen LogP) is 4.46. The van der Waals surface area contributed by atoms with E-state index >= 15 is 0 Å². The summed E-state index contributed by atoms with van der Waals surface area (Å²) < 4.78 is 1.89. The highest BCUT2D eigenvalue weighted by Gasteiger charge is 2.27. The molecule has 0 spiro atoms. The van der Waals surface area contributed by atoms with Crippen LogP contribution >= 0.6 is 0 Å². The molecule has 0 aliphatic rings. The molecule has 29 heavy (non-hydrogen) atoms. The van der Waals surface area contributed by atoms with Crippen molar-refractivity contribution in [3.05, 3.63) is 76.9 Å². The van der Waals surface area contributed by atoms with Gasteiger partial charge in [0.05, 0.1) is 11.6 Å². The summed E-state index contributed by atoms with van der Waals surface area (Å²) in [6.45, 7) is 5.84. The topological polar surface area (TPSA) is 78.9 Å². The van der Waals surface area contributed by atoms with Crippen LogP contribution < -0.4 is 0 Å². The van der Waals surface area contributed by atoms with Crippen molar-refractivity contribution in [3.63, 3.8) is 0 Å². The van der Waals surface area contributed by atoms with Crippen molar-refractivity contribution in [3.8, 4) is 17.2 Å². The lowest BCUT2D eigenvalue weighted by Crippen LogP contribution is -2.19. The van der Waals surface area contributed by atoms with Crippen LogP contribution in [0.15, 0.2) is 48.5 Å². The van der Waals surface area contributed by atoms with E-state index in [4.69, 9.17) is 0 Å². The number of nitriles is 1. The number of aliphatic hydroxyl groups is 1. The van der Waals surface area contributed by atoms with Gasteiger partial charge in [-0.15, -0.1) is 0 Å². The third kappa shape index (κ3) is 4.28. The molecule has 1 heterocycles. The molecule has 0 saturated heterocycles. The van der Waals surface area contributed by atoms with E-state index in [-0.39, 0.29) is 0 Å². The van der Waals surface area contributed by atoms with Crippen LogP contribution in [-0.4, -0.2) is 20.9 Å². The zero-order chi connectivity index (χ0) is 21.0. The number of carbonyl (C=O) groups excluding carboxylic acids is 1. The first-order valence-corrected chi connectivity index (χ1v) is 9.75. The number of aromatic nitrogens is 2. The van der Waals surface area contributed by atoms with Crippen molar-refractivity contribution in [1.82, 2.24) is 9.55 Å². The molecular formula is C24H25N3O2. The van der Waals surface area contributed by atoms with Gasteiger partial charge in [-0.05, 0) is 43.0 Å². The van der Waals surface area contributed by atoms with Gasteiger partial charge in [0.1, 0.15) is 22.8 Å². The summed E-state index contributed by atoms with van der Waals surface area (Å²) in [5.74, 6) is 0.797. The summed E-state index contributed by atoms with van der Waals surface area (Å²) >= 11 is 0. The van der Waals surface area contributed by atoms with Crippen LogP contribution in [-0.2, 0) is 18.6 Å². The molecule has 0 amide bonds. The summed E-state index contributed by atoms with van der Waals surface area (Å²) in [7, 11) is 0. The quantitative estimate of drug-likeness (QED) is 0.607. The highest BCUT2D eigenvalue weighted by Crippen LogP contribution is 2.26. The molecule has 1 aromatic heterocycles. The molecule has 5 nitrogen and oxygen atoms in total. The van der Waals surface area contributed by atoms with Crippen molar-refractivity contribution < 1.29 is 9.90 Å². The van der Waals surface area contributed by atoms with Gasteiger partial charge in [0.15, 0.2) is 6.29 Å². The highest BCUT2D eigenvalue weighted by atomic mass is 16.3. The second-order valence-electron chi connectivity index (χ2n) is 7.63. The minimum absolute atomic E-state index is 0.413. The average molecular weight is 387 g/mol. The SMILES string of the molecule is CCCc1nc(C(C)(C)O)c(C=O)n1Cc1ccc(-c2ccccc2C#N)cc1. The van der Waals surface area contributed by atoms with E-state index < -0.39 is 5.60 Å². The van der Waals surface area contributed by atoms with Crippen molar-refractivity contribution in [1.29, 1.82) is 5.26 Å². The van der Waals surface area contributed by atoms with Crippen LogP contribution in [0.3, 0.4) is 0 Å². The van der Waals surface area contributed by atoms with Gasteiger partial charge >= 0.3 is 0 Å². The Morgan fingerprint density at radius 3 is 2.45 bits per heavy atom. The van der Waals surface area contributed by atoms with Crippen LogP contribution in [0.1, 0.15) is 60.3 Å². The molecule has 1 N–H and O–H groups in total. The van der Waals surface area contributed by atoms with Gasteiger partial charge in [-0.2, -0.15) is 5.26 Å². The van der Waals surface area contributed by atoms with Gasteiger partial charge in [-0.1, -0.05) is 49.4 Å². The molecule has 0 aliphatic carbocycles. The number of benzene rings is 2. The van der Waals surface area contributed by atoms with Crippen molar-refractivity contribution >= 4 is 6.29 Å². The lowest BCUT2D eigenvalue weighted by atomic mass is 9.99. The summed E-state index contributed by atoms with van der Waals surface area (Å²) in [5.41, 5.74) is 3.16. The number of nitrogens with zero attached hydrogens (tertiary/aromatic N) is 3. The number of aldehydes is 1. The van der Waals surface area contributed by atoms with E-state index in [0.29, 0.717) is 23.5 Å².